The smallest absolute Gasteiger partial charge is 0.253 e. The van der Waals surface area contributed by atoms with Crippen LogP contribution in [0.5, 0.6) is 5.75 Å². The number of H-pyrrole nitrogens is 1. The maximum absolute atomic E-state index is 13.2. The number of aromatic hydroxyl groups is 1. The second kappa shape index (κ2) is 10.1. The Labute approximate surface area is 214 Å². The first-order valence-electron chi connectivity index (χ1n) is 12.9. The van der Waals surface area contributed by atoms with Gasteiger partial charge in [-0.15, -0.1) is 0 Å². The highest BCUT2D eigenvalue weighted by Crippen LogP contribution is 2.18. The number of likely N-dealkylation sites (tertiary alicyclic amines) is 2. The molecule has 4 N–H and O–H groups in total. The fourth-order valence-corrected chi connectivity index (χ4v) is 5.25. The van der Waals surface area contributed by atoms with Gasteiger partial charge in [-0.3, -0.25) is 14.4 Å². The second-order valence-corrected chi connectivity index (χ2v) is 10.5. The van der Waals surface area contributed by atoms with Crippen LogP contribution in [0.15, 0.2) is 21.7 Å². The van der Waals surface area contributed by atoms with Crippen LogP contribution in [0.25, 0.3) is 28.3 Å². The predicted octanol–water partition coefficient (Wildman–Crippen LogP) is 0.415. The fraction of sp³-hybridized carbons (Fsp3) is 0.481. The quantitative estimate of drug-likeness (QED) is 0.375. The SMILES string of the molecule is Cc1c(O)/c(=C\NC2CCN(C)CC2)c2nc3c(=O)ccc(C(=O)NC4CCN(C)CC4)c3[nH]c2c1=O. The van der Waals surface area contributed by atoms with E-state index in [9.17, 15) is 19.5 Å². The van der Waals surface area contributed by atoms with Crippen molar-refractivity contribution < 1.29 is 9.90 Å². The van der Waals surface area contributed by atoms with Gasteiger partial charge in [0.1, 0.15) is 22.3 Å². The molecule has 0 atom stereocenters. The summed E-state index contributed by atoms with van der Waals surface area (Å²) in [4.78, 5) is 51.3. The first-order valence-corrected chi connectivity index (χ1v) is 12.9. The molecule has 2 aliphatic rings. The van der Waals surface area contributed by atoms with Crippen molar-refractivity contribution in [1.29, 1.82) is 0 Å². The normalized spacial score (nSPS) is 19.1. The molecule has 37 heavy (non-hydrogen) atoms. The van der Waals surface area contributed by atoms with Crippen LogP contribution in [0.4, 0.5) is 0 Å². The average Bonchev–Trinajstić information content (AvgIpc) is 2.89. The number of hydrogen-bond donors (Lipinski definition) is 4. The number of aromatic amines is 1. The Morgan fingerprint density at radius 2 is 1.62 bits per heavy atom. The molecule has 1 amide bonds. The highest BCUT2D eigenvalue weighted by atomic mass is 16.3. The third-order valence-corrected chi connectivity index (χ3v) is 7.76. The molecular formula is C27H34N6O4. The lowest BCUT2D eigenvalue weighted by atomic mass is 10.0. The zero-order chi connectivity index (χ0) is 26.3. The highest BCUT2D eigenvalue weighted by molar-refractivity contribution is 6.06. The van der Waals surface area contributed by atoms with E-state index in [1.807, 2.05) is 0 Å². The third-order valence-electron chi connectivity index (χ3n) is 7.76. The van der Waals surface area contributed by atoms with Crippen LogP contribution in [0.1, 0.15) is 41.6 Å². The van der Waals surface area contributed by atoms with Gasteiger partial charge in [0.2, 0.25) is 10.9 Å². The Hall–Kier alpha value is -3.50. The summed E-state index contributed by atoms with van der Waals surface area (Å²) in [7, 11) is 4.14. The summed E-state index contributed by atoms with van der Waals surface area (Å²) >= 11 is 0. The fourth-order valence-electron chi connectivity index (χ4n) is 5.25. The van der Waals surface area contributed by atoms with Crippen molar-refractivity contribution in [2.24, 2.45) is 0 Å². The molecule has 0 saturated carbocycles. The average molecular weight is 507 g/mol. The molecule has 0 radical (unpaired) electrons. The van der Waals surface area contributed by atoms with Crippen molar-refractivity contribution >= 4 is 34.2 Å². The minimum atomic E-state index is -0.420. The minimum absolute atomic E-state index is 0.0419. The molecule has 3 heterocycles. The van der Waals surface area contributed by atoms with Gasteiger partial charge < -0.3 is 30.5 Å². The van der Waals surface area contributed by atoms with Crippen molar-refractivity contribution in [2.75, 3.05) is 40.3 Å². The van der Waals surface area contributed by atoms with Gasteiger partial charge in [0.05, 0.1) is 16.3 Å². The van der Waals surface area contributed by atoms with E-state index in [1.54, 1.807) is 13.1 Å². The van der Waals surface area contributed by atoms with Crippen LogP contribution >= 0.6 is 0 Å². The number of benzene rings is 2. The highest BCUT2D eigenvalue weighted by Gasteiger charge is 2.23. The molecule has 5 rings (SSSR count). The maximum atomic E-state index is 13.2. The van der Waals surface area contributed by atoms with Crippen molar-refractivity contribution in [3.8, 4) is 5.75 Å². The van der Waals surface area contributed by atoms with Gasteiger partial charge in [0, 0.05) is 23.8 Å². The van der Waals surface area contributed by atoms with Crippen LogP contribution in [0, 0.1) is 6.92 Å². The summed E-state index contributed by atoms with van der Waals surface area (Å²) in [5, 5.41) is 17.6. The number of carbonyl (C=O) groups is 1. The van der Waals surface area contributed by atoms with Crippen LogP contribution in [-0.4, -0.2) is 83.1 Å². The lowest BCUT2D eigenvalue weighted by Gasteiger charge is -2.29. The van der Waals surface area contributed by atoms with Gasteiger partial charge in [0.15, 0.2) is 0 Å². The number of phenolic OH excluding ortho intramolecular Hbond substituents is 1. The summed E-state index contributed by atoms with van der Waals surface area (Å²) in [6, 6.07) is 3.07. The number of aromatic nitrogens is 2. The maximum Gasteiger partial charge on any atom is 0.253 e. The summed E-state index contributed by atoms with van der Waals surface area (Å²) in [5.74, 6) is -0.475. The van der Waals surface area contributed by atoms with Crippen LogP contribution < -0.4 is 26.7 Å². The van der Waals surface area contributed by atoms with Crippen molar-refractivity contribution in [3.63, 3.8) is 0 Å². The molecule has 2 aliphatic heterocycles. The standard InChI is InChI=1S/C27H34N6O4/c1-15-25(35)19(14-28-16-6-10-32(2)11-7-16)22-24(26(15)36)31-21-18(4-5-20(34)23(21)30-22)27(37)29-17-8-12-33(3)13-9-17/h4-5,14,16-17,28,31,35H,6-13H2,1-3H3,(H,29,37)/b19-14-. The molecule has 0 unspecified atom stereocenters. The molecular weight excluding hydrogens is 472 g/mol. The number of rotatable bonds is 4. The minimum Gasteiger partial charge on any atom is -0.507 e. The first kappa shape index (κ1) is 25.2. The summed E-state index contributed by atoms with van der Waals surface area (Å²) in [6.45, 7) is 5.29. The van der Waals surface area contributed by atoms with Crippen LogP contribution in [0.2, 0.25) is 0 Å². The van der Waals surface area contributed by atoms with E-state index in [0.29, 0.717) is 5.22 Å². The summed E-state index contributed by atoms with van der Waals surface area (Å²) in [6.07, 6.45) is 5.28. The lowest BCUT2D eigenvalue weighted by molar-refractivity contribution is 0.0918. The Kier molecular flexibility index (Phi) is 6.87. The number of fused-ring (bicyclic) bond motifs is 2. The van der Waals surface area contributed by atoms with E-state index < -0.39 is 5.43 Å². The molecule has 196 valence electrons. The molecule has 2 aromatic carbocycles. The van der Waals surface area contributed by atoms with Gasteiger partial charge >= 0.3 is 0 Å². The van der Waals surface area contributed by atoms with Crippen molar-refractivity contribution in [1.82, 2.24) is 30.4 Å². The van der Waals surface area contributed by atoms with Crippen LogP contribution in [0.3, 0.4) is 0 Å². The number of nitrogens with one attached hydrogen (secondary N) is 3. The van der Waals surface area contributed by atoms with Gasteiger partial charge in [-0.1, -0.05) is 0 Å². The molecule has 2 saturated heterocycles. The number of phenols is 1. The van der Waals surface area contributed by atoms with Gasteiger partial charge in [0.25, 0.3) is 5.91 Å². The molecule has 10 heteroatoms. The number of amides is 1. The topological polar surface area (TPSA) is 131 Å². The summed E-state index contributed by atoms with van der Waals surface area (Å²) < 4.78 is 0. The molecule has 3 aromatic rings. The summed E-state index contributed by atoms with van der Waals surface area (Å²) in [5.41, 5.74) is 0.285. The van der Waals surface area contributed by atoms with Crippen LogP contribution in [-0.2, 0) is 0 Å². The molecule has 0 spiro atoms. The Bertz CT molecular complexity index is 1520. The number of carbonyl (C=O) groups excluding carboxylic acids is 1. The van der Waals surface area contributed by atoms with E-state index >= 15 is 0 Å². The molecule has 0 bridgehead atoms. The zero-order valence-corrected chi connectivity index (χ0v) is 21.6. The third kappa shape index (κ3) is 4.91. The Morgan fingerprint density at radius 3 is 2.27 bits per heavy atom. The first-order chi connectivity index (χ1) is 17.7. The predicted molar refractivity (Wildman–Crippen MR) is 144 cm³/mol. The Morgan fingerprint density at radius 1 is 1.00 bits per heavy atom. The van der Waals surface area contributed by atoms with Crippen molar-refractivity contribution in [2.45, 2.75) is 44.7 Å². The van der Waals surface area contributed by atoms with E-state index in [2.05, 4.69) is 44.5 Å². The molecule has 0 aliphatic carbocycles. The zero-order valence-electron chi connectivity index (χ0n) is 21.6. The monoisotopic (exact) mass is 506 g/mol. The lowest BCUT2D eigenvalue weighted by Crippen LogP contribution is -2.43. The number of hydrogen-bond acceptors (Lipinski definition) is 8. The second-order valence-electron chi connectivity index (χ2n) is 10.5. The number of nitrogens with zero attached hydrogens (tertiary/aromatic N) is 3. The van der Waals surface area contributed by atoms with Gasteiger partial charge in [-0.25, -0.2) is 4.98 Å². The van der Waals surface area contributed by atoms with E-state index in [0.717, 1.165) is 51.9 Å². The van der Waals surface area contributed by atoms with Gasteiger partial charge in [-0.2, -0.15) is 0 Å². The molecule has 10 nitrogen and oxygen atoms in total. The largest absolute Gasteiger partial charge is 0.507 e. The van der Waals surface area contributed by atoms with E-state index in [4.69, 9.17) is 0 Å². The molecule has 1 aromatic heterocycles. The van der Waals surface area contributed by atoms with E-state index in [1.165, 1.54) is 12.1 Å². The van der Waals surface area contributed by atoms with E-state index in [-0.39, 0.29) is 62.4 Å². The van der Waals surface area contributed by atoms with Gasteiger partial charge in [-0.05, 0) is 85.0 Å². The Balaban J connectivity index is 1.59. The number of piperidine rings is 2. The molecule has 2 fully saturated rings. The van der Waals surface area contributed by atoms with Crippen molar-refractivity contribution in [3.05, 3.63) is 48.9 Å².